The fraction of sp³-hybridized carbons (Fsp3) is 0.700. The van der Waals surface area contributed by atoms with Crippen LogP contribution in [-0.2, 0) is 31.4 Å². The second-order valence-electron chi connectivity index (χ2n) is 10.7. The van der Waals surface area contributed by atoms with Crippen LogP contribution in [0, 0.1) is 0 Å². The molecule has 0 aromatic rings. The highest BCUT2D eigenvalue weighted by Gasteiger charge is 2.52. The topological polar surface area (TPSA) is 80.3 Å². The SMILES string of the molecule is C=C(C)C(=O)OCC(C[Si](O[Si](C)(C)C)(O[Si](C)(C)C)O[Si](C)(C)C)OC(=O)C(=C)C. The predicted octanol–water partition coefficient (Wildman–Crippen LogP) is 5.09. The fourth-order valence-electron chi connectivity index (χ4n) is 2.54. The van der Waals surface area contributed by atoms with Gasteiger partial charge in [0, 0.05) is 11.1 Å². The van der Waals surface area contributed by atoms with E-state index in [9.17, 15) is 9.59 Å². The minimum atomic E-state index is -3.30. The van der Waals surface area contributed by atoms with Crippen molar-refractivity contribution in [1.82, 2.24) is 0 Å². The smallest absolute Gasteiger partial charge is 0.458 e. The van der Waals surface area contributed by atoms with E-state index in [1.807, 2.05) is 0 Å². The summed E-state index contributed by atoms with van der Waals surface area (Å²) < 4.78 is 30.9. The molecule has 0 rings (SSSR count). The highest BCUT2D eigenvalue weighted by Crippen LogP contribution is 2.31. The van der Waals surface area contributed by atoms with Crippen molar-refractivity contribution >= 4 is 45.7 Å². The van der Waals surface area contributed by atoms with Crippen LogP contribution >= 0.6 is 0 Å². The molecule has 0 spiro atoms. The summed E-state index contributed by atoms with van der Waals surface area (Å²) in [6.45, 7) is 28.9. The van der Waals surface area contributed by atoms with E-state index in [2.05, 4.69) is 72.1 Å². The molecule has 1 atom stereocenters. The second-order valence-corrected chi connectivity index (χ2v) is 27.6. The zero-order valence-corrected chi connectivity index (χ0v) is 25.3. The summed E-state index contributed by atoms with van der Waals surface area (Å²) in [5, 5.41) is 0. The predicted molar refractivity (Wildman–Crippen MR) is 134 cm³/mol. The average molecular weight is 507 g/mol. The molecule has 180 valence electrons. The second kappa shape index (κ2) is 11.3. The summed E-state index contributed by atoms with van der Waals surface area (Å²) in [6, 6.07) is 0.203. The zero-order valence-electron chi connectivity index (χ0n) is 21.3. The summed E-state index contributed by atoms with van der Waals surface area (Å²) in [7, 11) is -9.62. The summed E-state index contributed by atoms with van der Waals surface area (Å²) in [4.78, 5) is 24.3. The lowest BCUT2D eigenvalue weighted by atomic mass is 10.3. The van der Waals surface area contributed by atoms with Crippen molar-refractivity contribution in [1.29, 1.82) is 0 Å². The summed E-state index contributed by atoms with van der Waals surface area (Å²) in [6.07, 6.45) is -0.789. The van der Waals surface area contributed by atoms with E-state index < -0.39 is 51.8 Å². The molecule has 7 nitrogen and oxygen atoms in total. The Morgan fingerprint density at radius 3 is 1.35 bits per heavy atom. The molecule has 0 amide bonds. The molecule has 0 aliphatic carbocycles. The molecule has 0 saturated carbocycles. The van der Waals surface area contributed by atoms with Crippen molar-refractivity contribution in [2.45, 2.75) is 84.9 Å². The van der Waals surface area contributed by atoms with E-state index in [0.29, 0.717) is 0 Å². The molecule has 0 aromatic carbocycles. The molecule has 0 radical (unpaired) electrons. The van der Waals surface area contributed by atoms with E-state index in [1.54, 1.807) is 13.8 Å². The molecule has 0 aliphatic rings. The first-order valence-electron chi connectivity index (χ1n) is 10.4. The largest absolute Gasteiger partial charge is 0.473 e. The van der Waals surface area contributed by atoms with Gasteiger partial charge in [-0.05, 0) is 72.8 Å². The number of hydrogen-bond acceptors (Lipinski definition) is 7. The van der Waals surface area contributed by atoms with Crippen LogP contribution < -0.4 is 0 Å². The van der Waals surface area contributed by atoms with Crippen LogP contribution in [0.1, 0.15) is 13.8 Å². The lowest BCUT2D eigenvalue weighted by Gasteiger charge is -2.43. The van der Waals surface area contributed by atoms with E-state index >= 15 is 0 Å². The van der Waals surface area contributed by atoms with Crippen LogP contribution in [0.15, 0.2) is 24.3 Å². The number of hydrogen-bond donors (Lipinski definition) is 0. The Hall–Kier alpha value is -0.832. The maximum atomic E-state index is 12.3. The third kappa shape index (κ3) is 14.0. The Labute approximate surface area is 192 Å². The molecule has 0 saturated heterocycles. The van der Waals surface area contributed by atoms with Gasteiger partial charge in [-0.25, -0.2) is 9.59 Å². The van der Waals surface area contributed by atoms with Gasteiger partial charge in [0.1, 0.15) is 12.7 Å². The molecular weight excluding hydrogens is 465 g/mol. The van der Waals surface area contributed by atoms with Gasteiger partial charge >= 0.3 is 20.7 Å². The van der Waals surface area contributed by atoms with Gasteiger partial charge in [-0.3, -0.25) is 0 Å². The Morgan fingerprint density at radius 1 is 0.710 bits per heavy atom. The summed E-state index contributed by atoms with van der Waals surface area (Å²) in [5.74, 6) is -1.11. The van der Waals surface area contributed by atoms with Crippen molar-refractivity contribution in [2.75, 3.05) is 6.61 Å². The fourth-order valence-corrected chi connectivity index (χ4v) is 17.1. The molecular formula is C20H42O7Si4. The van der Waals surface area contributed by atoms with Gasteiger partial charge in [0.25, 0.3) is 0 Å². The number of carbonyl (C=O) groups excluding carboxylic acids is 2. The van der Waals surface area contributed by atoms with Crippen LogP contribution in [0.25, 0.3) is 0 Å². The Kier molecular flexibility index (Phi) is 11.0. The first-order chi connectivity index (χ1) is 13.6. The lowest BCUT2D eigenvalue weighted by molar-refractivity contribution is -0.153. The molecule has 0 fully saturated rings. The lowest BCUT2D eigenvalue weighted by Crippen LogP contribution is -2.62. The van der Waals surface area contributed by atoms with Crippen LogP contribution in [-0.4, -0.2) is 58.4 Å². The van der Waals surface area contributed by atoms with Gasteiger partial charge in [-0.15, -0.1) is 0 Å². The van der Waals surface area contributed by atoms with Crippen molar-refractivity contribution in [3.8, 4) is 0 Å². The molecule has 0 heterocycles. The maximum Gasteiger partial charge on any atom is 0.473 e. The van der Waals surface area contributed by atoms with Gasteiger partial charge in [0.15, 0.2) is 25.0 Å². The zero-order chi connectivity index (χ0) is 24.8. The monoisotopic (exact) mass is 506 g/mol. The van der Waals surface area contributed by atoms with Crippen LogP contribution in [0.2, 0.25) is 65.0 Å². The van der Waals surface area contributed by atoms with Crippen LogP contribution in [0.4, 0.5) is 0 Å². The van der Waals surface area contributed by atoms with Gasteiger partial charge in [0.05, 0.1) is 6.04 Å². The first kappa shape index (κ1) is 30.2. The number of carbonyl (C=O) groups is 2. The summed E-state index contributed by atoms with van der Waals surface area (Å²) >= 11 is 0. The van der Waals surface area contributed by atoms with Crippen LogP contribution in [0.5, 0.6) is 0 Å². The van der Waals surface area contributed by atoms with E-state index in [4.69, 9.17) is 21.8 Å². The normalized spacial score (nSPS) is 14.0. The average Bonchev–Trinajstić information content (AvgIpc) is 2.46. The van der Waals surface area contributed by atoms with Crippen molar-refractivity contribution in [3.63, 3.8) is 0 Å². The standard InChI is InChI=1S/C20H42O7Si4/c1-16(2)19(21)23-14-18(24-20(22)17(3)4)15-31(25-28(5,6)7,26-29(8,9)10)27-30(11,12)13/h18H,1,3,14-15H2,2,4-13H3. The first-order valence-corrected chi connectivity index (χ1v) is 22.6. The Morgan fingerprint density at radius 2 is 1.06 bits per heavy atom. The van der Waals surface area contributed by atoms with Crippen molar-refractivity contribution < 1.29 is 31.4 Å². The molecule has 0 bridgehead atoms. The quantitative estimate of drug-likeness (QED) is 0.195. The number of rotatable bonds is 13. The van der Waals surface area contributed by atoms with E-state index in [0.717, 1.165) is 0 Å². The molecule has 0 aromatic heterocycles. The van der Waals surface area contributed by atoms with Crippen molar-refractivity contribution in [3.05, 3.63) is 24.3 Å². The van der Waals surface area contributed by atoms with E-state index in [1.165, 1.54) is 0 Å². The van der Waals surface area contributed by atoms with E-state index in [-0.39, 0.29) is 23.8 Å². The minimum absolute atomic E-state index is 0.140. The Bertz CT molecular complexity index is 632. The highest BCUT2D eigenvalue weighted by atomic mass is 28.5. The molecule has 0 aliphatic heterocycles. The van der Waals surface area contributed by atoms with Gasteiger partial charge in [-0.1, -0.05) is 13.2 Å². The van der Waals surface area contributed by atoms with Gasteiger partial charge in [-0.2, -0.15) is 0 Å². The number of ether oxygens (including phenoxy) is 2. The third-order valence-electron chi connectivity index (χ3n) is 3.23. The molecule has 0 N–H and O–H groups in total. The number of esters is 2. The minimum Gasteiger partial charge on any atom is -0.458 e. The molecule has 31 heavy (non-hydrogen) atoms. The molecule has 11 heteroatoms. The van der Waals surface area contributed by atoms with Crippen molar-refractivity contribution in [2.24, 2.45) is 0 Å². The highest BCUT2D eigenvalue weighted by molar-refractivity contribution is 6.90. The van der Waals surface area contributed by atoms with Gasteiger partial charge in [0.2, 0.25) is 0 Å². The maximum absolute atomic E-state index is 12.3. The van der Waals surface area contributed by atoms with Crippen LogP contribution in [0.3, 0.4) is 0 Å². The van der Waals surface area contributed by atoms with Gasteiger partial charge < -0.3 is 21.8 Å². The third-order valence-corrected chi connectivity index (χ3v) is 15.3. The molecule has 1 unspecified atom stereocenters. The Balaban J connectivity index is 6.19. The summed E-state index contributed by atoms with van der Waals surface area (Å²) in [5.41, 5.74) is 0.523.